The summed E-state index contributed by atoms with van der Waals surface area (Å²) in [6.45, 7) is 8.58. The van der Waals surface area contributed by atoms with Crippen LogP contribution in [0.5, 0.6) is 0 Å². The third-order valence-corrected chi connectivity index (χ3v) is 2.10. The lowest BCUT2D eigenvalue weighted by molar-refractivity contribution is 1.06. The van der Waals surface area contributed by atoms with Crippen LogP contribution in [0.25, 0.3) is 0 Å². The molecule has 0 saturated heterocycles. The Bertz CT molecular complexity index is 277. The van der Waals surface area contributed by atoms with Crippen LogP contribution < -0.4 is 4.90 Å². The van der Waals surface area contributed by atoms with Crippen molar-refractivity contribution < 1.29 is 0 Å². The summed E-state index contributed by atoms with van der Waals surface area (Å²) >= 11 is 0. The van der Waals surface area contributed by atoms with Crippen LogP contribution in [0.3, 0.4) is 0 Å². The van der Waals surface area contributed by atoms with Crippen molar-refractivity contribution in [2.45, 2.75) is 40.5 Å². The van der Waals surface area contributed by atoms with Crippen LogP contribution >= 0.6 is 0 Å². The third kappa shape index (κ3) is 4.87. The summed E-state index contributed by atoms with van der Waals surface area (Å²) in [6.07, 6.45) is 2.36. The first-order valence-corrected chi connectivity index (χ1v) is 5.83. The summed E-state index contributed by atoms with van der Waals surface area (Å²) in [5.41, 5.74) is 4.11. The molecule has 1 aromatic rings. The van der Waals surface area contributed by atoms with E-state index in [1.807, 2.05) is 0 Å². The van der Waals surface area contributed by atoms with Crippen LogP contribution in [-0.4, -0.2) is 14.1 Å². The molecule has 0 aliphatic heterocycles. The van der Waals surface area contributed by atoms with Gasteiger partial charge in [-0.3, -0.25) is 0 Å². The highest BCUT2D eigenvalue weighted by Gasteiger charge is 2.01. The zero-order chi connectivity index (χ0) is 11.8. The van der Waals surface area contributed by atoms with E-state index in [4.69, 9.17) is 0 Å². The van der Waals surface area contributed by atoms with Crippen molar-refractivity contribution in [1.29, 1.82) is 0 Å². The van der Waals surface area contributed by atoms with Crippen molar-refractivity contribution in [2.24, 2.45) is 0 Å². The summed E-state index contributed by atoms with van der Waals surface area (Å²) in [6, 6.07) is 6.61. The van der Waals surface area contributed by atoms with Gasteiger partial charge in [0.05, 0.1) is 0 Å². The van der Waals surface area contributed by atoms with E-state index in [-0.39, 0.29) is 0 Å². The Labute approximate surface area is 95.1 Å². The van der Waals surface area contributed by atoms with Gasteiger partial charge in [-0.05, 0) is 25.0 Å². The molecule has 0 aliphatic carbocycles. The molecule has 0 aromatic heterocycles. The van der Waals surface area contributed by atoms with Crippen molar-refractivity contribution in [3.8, 4) is 0 Å². The molecule has 15 heavy (non-hydrogen) atoms. The molecular weight excluding hydrogens is 182 g/mol. The summed E-state index contributed by atoms with van der Waals surface area (Å²) < 4.78 is 0. The van der Waals surface area contributed by atoms with Crippen molar-refractivity contribution in [3.63, 3.8) is 0 Å². The van der Waals surface area contributed by atoms with E-state index in [0.29, 0.717) is 0 Å². The smallest absolute Gasteiger partial charge is 0.0393 e. The lowest BCUT2D eigenvalue weighted by Crippen LogP contribution is -2.10. The van der Waals surface area contributed by atoms with Gasteiger partial charge >= 0.3 is 0 Å². The Morgan fingerprint density at radius 1 is 1.07 bits per heavy atom. The van der Waals surface area contributed by atoms with Crippen molar-refractivity contribution >= 4 is 5.69 Å². The first-order valence-electron chi connectivity index (χ1n) is 5.83. The predicted molar refractivity (Wildman–Crippen MR) is 70.8 cm³/mol. The number of hydrogen-bond donors (Lipinski definition) is 0. The molecule has 0 amide bonds. The normalized spacial score (nSPS) is 9.20. The quantitative estimate of drug-likeness (QED) is 0.707. The van der Waals surface area contributed by atoms with E-state index in [1.54, 1.807) is 0 Å². The molecule has 1 nitrogen and oxygen atoms in total. The molecule has 0 aliphatic rings. The van der Waals surface area contributed by atoms with E-state index < -0.39 is 0 Å². The lowest BCUT2D eigenvalue weighted by Gasteiger charge is -2.17. The zero-order valence-corrected chi connectivity index (χ0v) is 11.1. The molecule has 0 atom stereocenters. The van der Waals surface area contributed by atoms with Crippen LogP contribution in [0.4, 0.5) is 5.69 Å². The predicted octanol–water partition coefficient (Wildman–Crippen LogP) is 4.04. The van der Waals surface area contributed by atoms with Crippen molar-refractivity contribution in [3.05, 3.63) is 29.3 Å². The minimum atomic E-state index is 1.11. The van der Waals surface area contributed by atoms with Crippen LogP contribution in [0.2, 0.25) is 0 Å². The summed E-state index contributed by atoms with van der Waals surface area (Å²) in [5.74, 6) is 0. The zero-order valence-electron chi connectivity index (χ0n) is 11.1. The van der Waals surface area contributed by atoms with E-state index in [9.17, 15) is 0 Å². The SMILES string of the molecule is CCC.CCc1cc(C)ccc1N(C)C. The van der Waals surface area contributed by atoms with Gasteiger partial charge in [0.2, 0.25) is 0 Å². The molecule has 1 heteroatoms. The van der Waals surface area contributed by atoms with Crippen LogP contribution in [0.1, 0.15) is 38.3 Å². The van der Waals surface area contributed by atoms with Crippen molar-refractivity contribution in [1.82, 2.24) is 0 Å². The molecule has 0 spiro atoms. The lowest BCUT2D eigenvalue weighted by atomic mass is 10.1. The molecule has 1 aromatic carbocycles. The fraction of sp³-hybridized carbons (Fsp3) is 0.571. The Morgan fingerprint density at radius 2 is 1.60 bits per heavy atom. The highest BCUT2D eigenvalue weighted by Crippen LogP contribution is 2.19. The van der Waals surface area contributed by atoms with E-state index in [2.05, 4.69) is 64.9 Å². The topological polar surface area (TPSA) is 3.24 Å². The van der Waals surface area contributed by atoms with Gasteiger partial charge in [-0.15, -0.1) is 0 Å². The van der Waals surface area contributed by atoms with E-state index in [1.165, 1.54) is 23.2 Å². The van der Waals surface area contributed by atoms with Gasteiger partial charge in [-0.1, -0.05) is 44.9 Å². The Kier molecular flexibility index (Phi) is 6.85. The highest BCUT2D eigenvalue weighted by atomic mass is 15.1. The molecule has 0 heterocycles. The maximum Gasteiger partial charge on any atom is 0.0393 e. The summed E-state index contributed by atoms with van der Waals surface area (Å²) in [7, 11) is 4.17. The van der Waals surface area contributed by atoms with E-state index >= 15 is 0 Å². The van der Waals surface area contributed by atoms with Gasteiger partial charge in [0.25, 0.3) is 0 Å². The monoisotopic (exact) mass is 207 g/mol. The number of benzene rings is 1. The Hall–Kier alpha value is -0.980. The molecule has 0 saturated carbocycles. The van der Waals surface area contributed by atoms with Crippen LogP contribution in [-0.2, 0) is 6.42 Å². The minimum absolute atomic E-state index is 1.11. The molecule has 0 N–H and O–H groups in total. The maximum absolute atomic E-state index is 2.26. The second-order valence-electron chi connectivity index (χ2n) is 4.09. The standard InChI is InChI=1S/C11H17N.C3H8/c1-5-10-8-9(2)6-7-11(10)12(3)4;1-3-2/h6-8H,5H2,1-4H3;3H2,1-2H3. The number of anilines is 1. The minimum Gasteiger partial charge on any atom is -0.377 e. The Balaban J connectivity index is 0.000000583. The molecule has 1 rings (SSSR count). The number of hydrogen-bond acceptors (Lipinski definition) is 1. The first-order chi connectivity index (χ1) is 7.06. The van der Waals surface area contributed by atoms with Crippen LogP contribution in [0.15, 0.2) is 18.2 Å². The average Bonchev–Trinajstić information content (AvgIpc) is 2.18. The van der Waals surface area contributed by atoms with Gasteiger partial charge < -0.3 is 4.90 Å². The largest absolute Gasteiger partial charge is 0.377 e. The Morgan fingerprint density at radius 3 is 2.00 bits per heavy atom. The summed E-state index contributed by atoms with van der Waals surface area (Å²) in [4.78, 5) is 2.16. The molecule has 0 unspecified atom stereocenters. The second-order valence-corrected chi connectivity index (χ2v) is 4.09. The fourth-order valence-corrected chi connectivity index (χ4v) is 1.43. The fourth-order valence-electron chi connectivity index (χ4n) is 1.43. The number of nitrogens with zero attached hydrogens (tertiary/aromatic N) is 1. The van der Waals surface area contributed by atoms with Gasteiger partial charge in [0, 0.05) is 19.8 Å². The van der Waals surface area contributed by atoms with Gasteiger partial charge in [-0.2, -0.15) is 0 Å². The number of rotatable bonds is 2. The van der Waals surface area contributed by atoms with Gasteiger partial charge in [0.15, 0.2) is 0 Å². The van der Waals surface area contributed by atoms with E-state index in [0.717, 1.165) is 6.42 Å². The molecule has 0 bridgehead atoms. The average molecular weight is 207 g/mol. The first kappa shape index (κ1) is 14.0. The second kappa shape index (κ2) is 7.33. The molecule has 0 fully saturated rings. The molecule has 0 radical (unpaired) electrons. The maximum atomic E-state index is 2.26. The number of aryl methyl sites for hydroxylation is 2. The summed E-state index contributed by atoms with van der Waals surface area (Å²) in [5, 5.41) is 0. The molecular formula is C14H25N. The highest BCUT2D eigenvalue weighted by molar-refractivity contribution is 5.53. The molecule has 86 valence electrons. The van der Waals surface area contributed by atoms with Gasteiger partial charge in [0.1, 0.15) is 0 Å². The van der Waals surface area contributed by atoms with Crippen LogP contribution in [0, 0.1) is 6.92 Å². The van der Waals surface area contributed by atoms with Gasteiger partial charge in [-0.25, -0.2) is 0 Å². The van der Waals surface area contributed by atoms with Crippen molar-refractivity contribution in [2.75, 3.05) is 19.0 Å². The third-order valence-electron chi connectivity index (χ3n) is 2.10.